The molecule has 0 amide bonds. The molecule has 0 saturated heterocycles. The van der Waals surface area contributed by atoms with E-state index in [1.165, 1.54) is 25.5 Å². The second kappa shape index (κ2) is 5.62. The lowest BCUT2D eigenvalue weighted by atomic mass is 9.96. The fraction of sp³-hybridized carbons (Fsp3) is 0.429. The van der Waals surface area contributed by atoms with Gasteiger partial charge >= 0.3 is 0 Å². The van der Waals surface area contributed by atoms with Gasteiger partial charge in [0.25, 0.3) is 0 Å². The molecular weight excluding hydrogens is 212 g/mol. The molecule has 0 spiro atoms. The van der Waals surface area contributed by atoms with E-state index >= 15 is 0 Å². The van der Waals surface area contributed by atoms with Crippen molar-refractivity contribution in [3.8, 4) is 0 Å². The second-order valence-electron chi connectivity index (χ2n) is 4.49. The summed E-state index contributed by atoms with van der Waals surface area (Å²) in [5.41, 5.74) is 7.58. The molecule has 0 fully saturated rings. The van der Waals surface area contributed by atoms with Crippen LogP contribution in [0.25, 0.3) is 0 Å². The molecule has 1 aromatic rings. The molecule has 0 saturated carbocycles. The molecule has 3 heteroatoms. The maximum atomic E-state index is 12.2. The summed E-state index contributed by atoms with van der Waals surface area (Å²) in [5, 5.41) is 0. The SMILES string of the molecule is Nc1ccc(C(=O)/C2=C/CCCCCC2)nc1. The van der Waals surface area contributed by atoms with Crippen molar-refractivity contribution in [3.63, 3.8) is 0 Å². The van der Waals surface area contributed by atoms with Crippen LogP contribution in [0.1, 0.15) is 49.0 Å². The highest BCUT2D eigenvalue weighted by Crippen LogP contribution is 2.20. The number of hydrogen-bond acceptors (Lipinski definition) is 3. The van der Waals surface area contributed by atoms with Crippen LogP contribution in [0.15, 0.2) is 30.0 Å². The number of nitrogens with two attached hydrogens (primary N) is 1. The topological polar surface area (TPSA) is 56.0 Å². The number of carbonyl (C=O) groups is 1. The molecule has 17 heavy (non-hydrogen) atoms. The van der Waals surface area contributed by atoms with Crippen LogP contribution in [-0.2, 0) is 0 Å². The van der Waals surface area contributed by atoms with Gasteiger partial charge in [-0.25, -0.2) is 0 Å². The normalized spacial score (nSPS) is 19.9. The summed E-state index contributed by atoms with van der Waals surface area (Å²) >= 11 is 0. The zero-order valence-corrected chi connectivity index (χ0v) is 9.98. The molecule has 0 bridgehead atoms. The van der Waals surface area contributed by atoms with E-state index in [0.29, 0.717) is 11.4 Å². The number of ketones is 1. The second-order valence-corrected chi connectivity index (χ2v) is 4.49. The lowest BCUT2D eigenvalue weighted by Gasteiger charge is -2.10. The van der Waals surface area contributed by atoms with Crippen molar-refractivity contribution in [2.24, 2.45) is 0 Å². The third kappa shape index (κ3) is 3.16. The first-order valence-corrected chi connectivity index (χ1v) is 6.22. The molecule has 0 radical (unpaired) electrons. The maximum Gasteiger partial charge on any atom is 0.207 e. The number of allylic oxidation sites excluding steroid dienone is 2. The standard InChI is InChI=1S/C14H18N2O/c15-12-8-9-13(16-10-12)14(17)11-6-4-2-1-3-5-7-11/h6,8-10H,1-5,7,15H2/b11-6+. The molecule has 0 aromatic carbocycles. The Labute approximate surface area is 102 Å². The lowest BCUT2D eigenvalue weighted by molar-refractivity contribution is 0.102. The van der Waals surface area contributed by atoms with Gasteiger partial charge in [-0.2, -0.15) is 0 Å². The van der Waals surface area contributed by atoms with Crippen molar-refractivity contribution in [3.05, 3.63) is 35.7 Å². The molecule has 90 valence electrons. The van der Waals surface area contributed by atoms with Gasteiger partial charge in [-0.05, 0) is 43.4 Å². The van der Waals surface area contributed by atoms with Crippen LogP contribution in [0.3, 0.4) is 0 Å². The Bertz CT molecular complexity index is 420. The molecule has 1 aliphatic carbocycles. The number of anilines is 1. The van der Waals surface area contributed by atoms with Crippen LogP contribution in [0, 0.1) is 0 Å². The number of hydrogen-bond donors (Lipinski definition) is 1. The number of rotatable bonds is 2. The Morgan fingerprint density at radius 2 is 2.00 bits per heavy atom. The largest absolute Gasteiger partial charge is 0.397 e. The van der Waals surface area contributed by atoms with E-state index in [2.05, 4.69) is 11.1 Å². The van der Waals surface area contributed by atoms with Gasteiger partial charge in [-0.3, -0.25) is 9.78 Å². The fourth-order valence-corrected chi connectivity index (χ4v) is 2.10. The van der Waals surface area contributed by atoms with Crippen molar-refractivity contribution >= 4 is 11.5 Å². The van der Waals surface area contributed by atoms with Crippen molar-refractivity contribution in [2.75, 3.05) is 5.73 Å². The highest BCUT2D eigenvalue weighted by Gasteiger charge is 2.14. The third-order valence-electron chi connectivity index (χ3n) is 3.10. The van der Waals surface area contributed by atoms with Gasteiger partial charge in [0, 0.05) is 0 Å². The summed E-state index contributed by atoms with van der Waals surface area (Å²) in [6.45, 7) is 0. The predicted octanol–water partition coefficient (Wildman–Crippen LogP) is 3.13. The maximum absolute atomic E-state index is 12.2. The molecule has 0 atom stereocenters. The zero-order chi connectivity index (χ0) is 12.1. The van der Waals surface area contributed by atoms with Gasteiger partial charge in [-0.1, -0.05) is 18.9 Å². The Morgan fingerprint density at radius 3 is 2.76 bits per heavy atom. The van der Waals surface area contributed by atoms with Gasteiger partial charge < -0.3 is 5.73 Å². The summed E-state index contributed by atoms with van der Waals surface area (Å²) < 4.78 is 0. The van der Waals surface area contributed by atoms with E-state index in [9.17, 15) is 4.79 Å². The average Bonchev–Trinajstić information content (AvgIpc) is 2.29. The number of pyridine rings is 1. The summed E-state index contributed by atoms with van der Waals surface area (Å²) in [7, 11) is 0. The molecule has 2 N–H and O–H groups in total. The van der Waals surface area contributed by atoms with Crippen LogP contribution in [0.5, 0.6) is 0 Å². The zero-order valence-electron chi connectivity index (χ0n) is 9.98. The van der Waals surface area contributed by atoms with Gasteiger partial charge in [0.1, 0.15) is 5.69 Å². The van der Waals surface area contributed by atoms with Gasteiger partial charge in [-0.15, -0.1) is 0 Å². The Hall–Kier alpha value is -1.64. The monoisotopic (exact) mass is 230 g/mol. The van der Waals surface area contributed by atoms with Crippen molar-refractivity contribution < 1.29 is 4.79 Å². The third-order valence-corrected chi connectivity index (χ3v) is 3.10. The first-order valence-electron chi connectivity index (χ1n) is 6.22. The molecule has 0 aliphatic heterocycles. The van der Waals surface area contributed by atoms with E-state index < -0.39 is 0 Å². The van der Waals surface area contributed by atoms with E-state index in [1.54, 1.807) is 12.1 Å². The number of aromatic nitrogens is 1. The minimum Gasteiger partial charge on any atom is -0.397 e. The van der Waals surface area contributed by atoms with E-state index in [4.69, 9.17) is 5.73 Å². The number of Topliss-reactive ketones (excluding diaryl/α,β-unsaturated/α-hetero) is 1. The molecule has 0 unspecified atom stereocenters. The first-order chi connectivity index (χ1) is 8.27. The van der Waals surface area contributed by atoms with Crippen molar-refractivity contribution in [2.45, 2.75) is 38.5 Å². The predicted molar refractivity (Wildman–Crippen MR) is 68.8 cm³/mol. The van der Waals surface area contributed by atoms with Crippen LogP contribution >= 0.6 is 0 Å². The summed E-state index contributed by atoms with van der Waals surface area (Å²) in [5.74, 6) is 0.0619. The summed E-state index contributed by atoms with van der Waals surface area (Å²) in [6.07, 6.45) is 10.3. The Balaban J connectivity index is 2.15. The van der Waals surface area contributed by atoms with E-state index in [-0.39, 0.29) is 5.78 Å². The van der Waals surface area contributed by atoms with Crippen LogP contribution in [-0.4, -0.2) is 10.8 Å². The van der Waals surface area contributed by atoms with Crippen LogP contribution in [0.2, 0.25) is 0 Å². The number of nitrogens with zero attached hydrogens (tertiary/aromatic N) is 1. The molecule has 1 aromatic heterocycles. The highest BCUT2D eigenvalue weighted by molar-refractivity contribution is 6.07. The van der Waals surface area contributed by atoms with E-state index in [0.717, 1.165) is 24.8 Å². The molecule has 3 nitrogen and oxygen atoms in total. The smallest absolute Gasteiger partial charge is 0.207 e. The molecule has 1 aliphatic rings. The van der Waals surface area contributed by atoms with Crippen molar-refractivity contribution in [1.29, 1.82) is 0 Å². The molecule has 2 rings (SSSR count). The quantitative estimate of drug-likeness (QED) is 0.794. The average molecular weight is 230 g/mol. The van der Waals surface area contributed by atoms with Crippen LogP contribution < -0.4 is 5.73 Å². The van der Waals surface area contributed by atoms with Crippen molar-refractivity contribution in [1.82, 2.24) is 4.98 Å². The van der Waals surface area contributed by atoms with Gasteiger partial charge in [0.05, 0.1) is 11.9 Å². The minimum atomic E-state index is 0.0619. The van der Waals surface area contributed by atoms with E-state index in [1.807, 2.05) is 0 Å². The fourth-order valence-electron chi connectivity index (χ4n) is 2.10. The minimum absolute atomic E-state index is 0.0619. The van der Waals surface area contributed by atoms with Crippen LogP contribution in [0.4, 0.5) is 5.69 Å². The first kappa shape index (κ1) is 11.8. The Kier molecular flexibility index (Phi) is 3.91. The number of carbonyl (C=O) groups excluding carboxylic acids is 1. The molecular formula is C14H18N2O. The van der Waals surface area contributed by atoms with Gasteiger partial charge in [0.2, 0.25) is 5.78 Å². The highest BCUT2D eigenvalue weighted by atomic mass is 16.1. The summed E-state index contributed by atoms with van der Waals surface area (Å²) in [4.78, 5) is 16.3. The Morgan fingerprint density at radius 1 is 1.18 bits per heavy atom. The molecule has 1 heterocycles. The number of nitrogen functional groups attached to an aromatic ring is 1. The lowest BCUT2D eigenvalue weighted by Crippen LogP contribution is -2.07. The summed E-state index contributed by atoms with van der Waals surface area (Å²) in [6, 6.07) is 3.43. The van der Waals surface area contributed by atoms with Gasteiger partial charge in [0.15, 0.2) is 0 Å².